The van der Waals surface area contributed by atoms with E-state index in [1.807, 2.05) is 6.92 Å². The molecule has 0 saturated carbocycles. The largest absolute Gasteiger partial charge is 0.382 e. The van der Waals surface area contributed by atoms with Crippen LogP contribution in [0.15, 0.2) is 28.9 Å². The van der Waals surface area contributed by atoms with Crippen LogP contribution in [0, 0.1) is 11.6 Å². The summed E-state index contributed by atoms with van der Waals surface area (Å²) >= 11 is 3.28. The highest BCUT2D eigenvalue weighted by Gasteiger charge is 2.22. The van der Waals surface area contributed by atoms with E-state index in [-0.39, 0.29) is 5.56 Å². The first kappa shape index (κ1) is 14.1. The number of benzene rings is 1. The van der Waals surface area contributed by atoms with Gasteiger partial charge in [0.05, 0.1) is 16.4 Å². The first-order valence-electron chi connectivity index (χ1n) is 5.88. The van der Waals surface area contributed by atoms with Crippen LogP contribution in [0.2, 0.25) is 0 Å². The molecule has 0 aliphatic rings. The molecule has 0 aliphatic carbocycles. The Kier molecular flexibility index (Phi) is 4.31. The molecule has 0 spiro atoms. The average molecular weight is 331 g/mol. The summed E-state index contributed by atoms with van der Waals surface area (Å²) in [6.45, 7) is 2.59. The van der Waals surface area contributed by atoms with E-state index < -0.39 is 17.7 Å². The fraction of sp³-hybridized carbons (Fsp3) is 0.308. The Bertz CT molecular complexity index is 586. The van der Waals surface area contributed by atoms with Crippen LogP contribution in [0.25, 0.3) is 0 Å². The van der Waals surface area contributed by atoms with Crippen molar-refractivity contribution in [2.75, 3.05) is 0 Å². The molecular weight excluding hydrogens is 318 g/mol. The minimum Gasteiger partial charge on any atom is -0.382 e. The molecule has 3 nitrogen and oxygen atoms in total. The van der Waals surface area contributed by atoms with E-state index in [0.29, 0.717) is 16.7 Å². The number of aryl methyl sites for hydroxylation is 1. The molecule has 2 rings (SSSR count). The lowest BCUT2D eigenvalue weighted by molar-refractivity contribution is 0.201. The second-order valence-corrected chi connectivity index (χ2v) is 5.02. The highest BCUT2D eigenvalue weighted by Crippen LogP contribution is 2.30. The molecule has 19 heavy (non-hydrogen) atoms. The van der Waals surface area contributed by atoms with Gasteiger partial charge in [0.25, 0.3) is 0 Å². The van der Waals surface area contributed by atoms with Gasteiger partial charge in [-0.1, -0.05) is 13.0 Å². The van der Waals surface area contributed by atoms with Crippen LogP contribution in [-0.2, 0) is 6.54 Å². The van der Waals surface area contributed by atoms with Gasteiger partial charge in [-0.25, -0.2) is 8.78 Å². The Morgan fingerprint density at radius 1 is 1.42 bits per heavy atom. The summed E-state index contributed by atoms with van der Waals surface area (Å²) in [5.74, 6) is -1.45. The van der Waals surface area contributed by atoms with Crippen molar-refractivity contribution < 1.29 is 13.9 Å². The molecule has 1 heterocycles. The lowest BCUT2D eigenvalue weighted by Crippen LogP contribution is -2.12. The van der Waals surface area contributed by atoms with Crippen molar-refractivity contribution in [1.29, 1.82) is 0 Å². The van der Waals surface area contributed by atoms with Gasteiger partial charge in [0, 0.05) is 18.2 Å². The van der Waals surface area contributed by atoms with Crippen LogP contribution in [0.3, 0.4) is 0 Å². The predicted molar refractivity (Wildman–Crippen MR) is 70.6 cm³/mol. The number of hydrogen-bond acceptors (Lipinski definition) is 2. The Morgan fingerprint density at radius 3 is 2.79 bits per heavy atom. The molecule has 0 saturated heterocycles. The third kappa shape index (κ3) is 2.84. The number of hydrogen-bond donors (Lipinski definition) is 1. The number of halogens is 3. The molecule has 1 aromatic heterocycles. The molecule has 102 valence electrons. The van der Waals surface area contributed by atoms with E-state index in [2.05, 4.69) is 21.0 Å². The van der Waals surface area contributed by atoms with Crippen LogP contribution < -0.4 is 0 Å². The second-order valence-electron chi connectivity index (χ2n) is 4.17. The summed E-state index contributed by atoms with van der Waals surface area (Å²) in [4.78, 5) is 0. The maximum absolute atomic E-state index is 13.7. The van der Waals surface area contributed by atoms with E-state index in [1.54, 1.807) is 10.9 Å². The van der Waals surface area contributed by atoms with Gasteiger partial charge in [0.1, 0.15) is 17.7 Å². The van der Waals surface area contributed by atoms with Crippen molar-refractivity contribution in [3.05, 3.63) is 51.8 Å². The van der Waals surface area contributed by atoms with Gasteiger partial charge in [-0.05, 0) is 28.4 Å². The van der Waals surface area contributed by atoms with Crippen LogP contribution in [-0.4, -0.2) is 14.9 Å². The molecular formula is C13H13BrF2N2O. The van der Waals surface area contributed by atoms with Crippen molar-refractivity contribution in [1.82, 2.24) is 9.78 Å². The van der Waals surface area contributed by atoms with Gasteiger partial charge in [-0.3, -0.25) is 4.68 Å². The number of aromatic nitrogens is 2. The minimum absolute atomic E-state index is 0.0277. The van der Waals surface area contributed by atoms with Crippen LogP contribution in [0.4, 0.5) is 8.78 Å². The zero-order chi connectivity index (χ0) is 14.0. The zero-order valence-corrected chi connectivity index (χ0v) is 11.9. The quantitative estimate of drug-likeness (QED) is 0.932. The average Bonchev–Trinajstić information content (AvgIpc) is 2.70. The zero-order valence-electron chi connectivity index (χ0n) is 10.3. The highest BCUT2D eigenvalue weighted by molar-refractivity contribution is 9.10. The molecule has 0 radical (unpaired) electrons. The topological polar surface area (TPSA) is 38.0 Å². The molecule has 6 heteroatoms. The van der Waals surface area contributed by atoms with E-state index in [9.17, 15) is 13.9 Å². The molecule has 1 atom stereocenters. The molecule has 0 bridgehead atoms. The van der Waals surface area contributed by atoms with Gasteiger partial charge < -0.3 is 5.11 Å². The standard InChI is InChI=1S/C13H13BrF2N2O/c1-2-5-18-12(10(14)7-17-18)13(19)9-4-3-8(15)6-11(9)16/h3-4,6-7,13,19H,2,5H2,1H3. The summed E-state index contributed by atoms with van der Waals surface area (Å²) < 4.78 is 28.8. The number of aliphatic hydroxyl groups excluding tert-OH is 1. The Hall–Kier alpha value is -1.27. The van der Waals surface area contributed by atoms with E-state index in [4.69, 9.17) is 0 Å². The Balaban J connectivity index is 2.43. The van der Waals surface area contributed by atoms with Gasteiger partial charge >= 0.3 is 0 Å². The van der Waals surface area contributed by atoms with E-state index in [1.165, 1.54) is 6.07 Å². The van der Waals surface area contributed by atoms with Crippen molar-refractivity contribution in [2.45, 2.75) is 26.0 Å². The summed E-state index contributed by atoms with van der Waals surface area (Å²) in [6, 6.07) is 3.12. The summed E-state index contributed by atoms with van der Waals surface area (Å²) in [6.07, 6.45) is 1.19. The summed E-state index contributed by atoms with van der Waals surface area (Å²) in [5.41, 5.74) is 0.493. The van der Waals surface area contributed by atoms with Gasteiger partial charge in [0.15, 0.2) is 0 Å². The number of rotatable bonds is 4. The first-order chi connectivity index (χ1) is 9.04. The monoisotopic (exact) mass is 330 g/mol. The fourth-order valence-electron chi connectivity index (χ4n) is 1.90. The molecule has 0 aliphatic heterocycles. The third-order valence-electron chi connectivity index (χ3n) is 2.78. The van der Waals surface area contributed by atoms with E-state index >= 15 is 0 Å². The molecule has 1 N–H and O–H groups in total. The smallest absolute Gasteiger partial charge is 0.132 e. The van der Waals surface area contributed by atoms with Crippen molar-refractivity contribution in [2.24, 2.45) is 0 Å². The predicted octanol–water partition coefficient (Wildman–Crippen LogP) is 3.42. The Labute approximate surface area is 118 Å². The molecule has 0 fully saturated rings. The number of aliphatic hydroxyl groups is 1. The highest BCUT2D eigenvalue weighted by atomic mass is 79.9. The van der Waals surface area contributed by atoms with Crippen molar-refractivity contribution >= 4 is 15.9 Å². The van der Waals surface area contributed by atoms with Gasteiger partial charge in [-0.2, -0.15) is 5.10 Å². The summed E-state index contributed by atoms with van der Waals surface area (Å²) in [5, 5.41) is 14.4. The number of nitrogens with zero attached hydrogens (tertiary/aromatic N) is 2. The maximum atomic E-state index is 13.7. The first-order valence-corrected chi connectivity index (χ1v) is 6.68. The lowest BCUT2D eigenvalue weighted by atomic mass is 10.1. The SMILES string of the molecule is CCCn1ncc(Br)c1C(O)c1ccc(F)cc1F. The minimum atomic E-state index is -1.19. The fourth-order valence-corrected chi connectivity index (χ4v) is 2.42. The molecule has 1 aromatic carbocycles. The van der Waals surface area contributed by atoms with Gasteiger partial charge in [-0.15, -0.1) is 0 Å². The van der Waals surface area contributed by atoms with E-state index in [0.717, 1.165) is 18.6 Å². The summed E-state index contributed by atoms with van der Waals surface area (Å²) in [7, 11) is 0. The molecule has 2 aromatic rings. The lowest BCUT2D eigenvalue weighted by Gasteiger charge is -2.15. The van der Waals surface area contributed by atoms with Crippen LogP contribution in [0.1, 0.15) is 30.7 Å². The molecule has 0 amide bonds. The molecule has 1 unspecified atom stereocenters. The maximum Gasteiger partial charge on any atom is 0.132 e. The van der Waals surface area contributed by atoms with Crippen molar-refractivity contribution in [3.63, 3.8) is 0 Å². The van der Waals surface area contributed by atoms with Crippen LogP contribution >= 0.6 is 15.9 Å². The van der Waals surface area contributed by atoms with Crippen LogP contribution in [0.5, 0.6) is 0 Å². The second kappa shape index (κ2) is 5.79. The normalized spacial score (nSPS) is 12.7. The Morgan fingerprint density at radius 2 is 2.16 bits per heavy atom. The van der Waals surface area contributed by atoms with Gasteiger partial charge in [0.2, 0.25) is 0 Å². The third-order valence-corrected chi connectivity index (χ3v) is 3.40. The van der Waals surface area contributed by atoms with Crippen molar-refractivity contribution in [3.8, 4) is 0 Å².